The number of aryl methyl sites for hydroxylation is 2. The molecule has 1 aliphatic rings. The van der Waals surface area contributed by atoms with Crippen molar-refractivity contribution in [1.82, 2.24) is 19.8 Å². The van der Waals surface area contributed by atoms with Crippen LogP contribution in [0.25, 0.3) is 11.3 Å². The van der Waals surface area contributed by atoms with Gasteiger partial charge in [-0.25, -0.2) is 14.2 Å². The number of carbonyl (C=O) groups excluding carboxylic acids is 1. The number of likely N-dealkylation sites (tertiary alicyclic amines) is 1. The number of benzene rings is 2. The number of rotatable bonds is 6. The van der Waals surface area contributed by atoms with Gasteiger partial charge in [-0.15, -0.1) is 0 Å². The van der Waals surface area contributed by atoms with Crippen LogP contribution in [0, 0.1) is 5.82 Å². The summed E-state index contributed by atoms with van der Waals surface area (Å²) in [5.74, 6) is -0.216. The van der Waals surface area contributed by atoms with Gasteiger partial charge in [-0.05, 0) is 62.4 Å². The Morgan fingerprint density at radius 2 is 2.03 bits per heavy atom. The predicted molar refractivity (Wildman–Crippen MR) is 120 cm³/mol. The molecule has 6 heteroatoms. The van der Waals surface area contributed by atoms with Crippen LogP contribution in [0.5, 0.6) is 0 Å². The third kappa shape index (κ3) is 4.95. The Kier molecular flexibility index (Phi) is 6.35. The van der Waals surface area contributed by atoms with Gasteiger partial charge in [-0.1, -0.05) is 30.3 Å². The Balaban J connectivity index is 1.52. The summed E-state index contributed by atoms with van der Waals surface area (Å²) < 4.78 is 15.3. The lowest BCUT2D eigenvalue weighted by Crippen LogP contribution is -2.42. The zero-order valence-electron chi connectivity index (χ0n) is 18.1. The van der Waals surface area contributed by atoms with Crippen LogP contribution in [0.3, 0.4) is 0 Å². The zero-order chi connectivity index (χ0) is 21.8. The molecule has 1 N–H and O–H groups in total. The molecular weight excluding hydrogens is 391 g/mol. The summed E-state index contributed by atoms with van der Waals surface area (Å²) >= 11 is 0. The largest absolute Gasteiger partial charge is 0.336 e. The molecule has 1 saturated heterocycles. The summed E-state index contributed by atoms with van der Waals surface area (Å²) in [6, 6.07) is 15.3. The zero-order valence-corrected chi connectivity index (χ0v) is 18.1. The first-order chi connectivity index (χ1) is 15.0. The van der Waals surface area contributed by atoms with Crippen molar-refractivity contribution >= 4 is 6.03 Å². The normalized spacial score (nSPS) is 16.1. The third-order valence-corrected chi connectivity index (χ3v) is 5.76. The second-order valence-electron chi connectivity index (χ2n) is 8.43. The standard InChI is InChI=1S/C25H29FN4O/c1-18(2)28-25(31)30-13-4-7-23(30)20-5-3-6-21(15-20)24-16-27-17-29(24)14-12-19-8-10-22(26)11-9-19/h3,5-6,8-11,15-18,23H,4,7,12-14H2,1-2H3,(H,28,31). The number of aromatic nitrogens is 2. The Morgan fingerprint density at radius 3 is 2.81 bits per heavy atom. The molecule has 1 aromatic heterocycles. The van der Waals surface area contributed by atoms with Gasteiger partial charge in [0, 0.05) is 24.7 Å². The molecule has 2 aromatic carbocycles. The molecule has 4 rings (SSSR count). The van der Waals surface area contributed by atoms with E-state index in [0.29, 0.717) is 0 Å². The summed E-state index contributed by atoms with van der Waals surface area (Å²) in [6.07, 6.45) is 6.50. The van der Waals surface area contributed by atoms with Crippen LogP contribution in [0.2, 0.25) is 0 Å². The molecule has 31 heavy (non-hydrogen) atoms. The van der Waals surface area contributed by atoms with Crippen molar-refractivity contribution in [3.05, 3.63) is 78.0 Å². The van der Waals surface area contributed by atoms with Gasteiger partial charge in [0.2, 0.25) is 0 Å². The highest BCUT2D eigenvalue weighted by Gasteiger charge is 2.30. The Labute approximate surface area is 182 Å². The van der Waals surface area contributed by atoms with Gasteiger partial charge in [0.1, 0.15) is 5.82 Å². The molecule has 0 saturated carbocycles. The van der Waals surface area contributed by atoms with Crippen LogP contribution in [0.4, 0.5) is 9.18 Å². The van der Waals surface area contributed by atoms with Gasteiger partial charge in [0.05, 0.1) is 24.3 Å². The van der Waals surface area contributed by atoms with E-state index in [1.54, 1.807) is 0 Å². The molecule has 162 valence electrons. The van der Waals surface area contributed by atoms with E-state index in [4.69, 9.17) is 0 Å². The monoisotopic (exact) mass is 420 g/mol. The molecule has 3 aromatic rings. The lowest BCUT2D eigenvalue weighted by molar-refractivity contribution is 0.190. The van der Waals surface area contributed by atoms with Crippen molar-refractivity contribution in [2.75, 3.05) is 6.54 Å². The Bertz CT molecular complexity index is 1030. The van der Waals surface area contributed by atoms with Gasteiger partial charge in [-0.3, -0.25) is 0 Å². The molecule has 1 fully saturated rings. The second kappa shape index (κ2) is 9.33. The minimum absolute atomic E-state index is 0.00671. The number of hydrogen-bond donors (Lipinski definition) is 1. The number of nitrogens with zero attached hydrogens (tertiary/aromatic N) is 3. The highest BCUT2D eigenvalue weighted by Crippen LogP contribution is 2.34. The molecule has 5 nitrogen and oxygen atoms in total. The summed E-state index contributed by atoms with van der Waals surface area (Å²) in [6.45, 7) is 5.51. The molecule has 2 heterocycles. The molecular formula is C25H29FN4O. The van der Waals surface area contributed by atoms with Crippen molar-refractivity contribution in [3.8, 4) is 11.3 Å². The Morgan fingerprint density at radius 1 is 1.23 bits per heavy atom. The molecule has 1 aliphatic heterocycles. The van der Waals surface area contributed by atoms with Crippen LogP contribution >= 0.6 is 0 Å². The number of hydrogen-bond acceptors (Lipinski definition) is 2. The topological polar surface area (TPSA) is 50.2 Å². The van der Waals surface area contributed by atoms with E-state index in [9.17, 15) is 9.18 Å². The lowest BCUT2D eigenvalue weighted by Gasteiger charge is -2.26. The molecule has 1 unspecified atom stereocenters. The maximum atomic E-state index is 13.1. The van der Waals surface area contributed by atoms with E-state index in [-0.39, 0.29) is 23.9 Å². The first-order valence-electron chi connectivity index (χ1n) is 10.9. The van der Waals surface area contributed by atoms with Crippen molar-refractivity contribution < 1.29 is 9.18 Å². The first kappa shape index (κ1) is 21.1. The Hall–Kier alpha value is -3.15. The number of imidazole rings is 1. The SMILES string of the molecule is CC(C)NC(=O)N1CCCC1c1cccc(-c2cncn2CCc2ccc(F)cc2)c1. The quantitative estimate of drug-likeness (QED) is 0.597. The molecule has 0 radical (unpaired) electrons. The van der Waals surface area contributed by atoms with Crippen molar-refractivity contribution in [3.63, 3.8) is 0 Å². The summed E-state index contributed by atoms with van der Waals surface area (Å²) in [7, 11) is 0. The van der Waals surface area contributed by atoms with E-state index >= 15 is 0 Å². The number of halogens is 1. The summed E-state index contributed by atoms with van der Waals surface area (Å²) in [4.78, 5) is 18.9. The van der Waals surface area contributed by atoms with E-state index in [1.165, 1.54) is 12.1 Å². The maximum Gasteiger partial charge on any atom is 0.318 e. The smallest absolute Gasteiger partial charge is 0.318 e. The van der Waals surface area contributed by atoms with Gasteiger partial charge in [0.15, 0.2) is 0 Å². The van der Waals surface area contributed by atoms with Crippen molar-refractivity contribution in [1.29, 1.82) is 0 Å². The van der Waals surface area contributed by atoms with E-state index in [0.717, 1.165) is 54.7 Å². The van der Waals surface area contributed by atoms with Crippen LogP contribution in [0.1, 0.15) is 43.9 Å². The second-order valence-corrected chi connectivity index (χ2v) is 8.43. The van der Waals surface area contributed by atoms with Gasteiger partial charge >= 0.3 is 6.03 Å². The fourth-order valence-electron chi connectivity index (χ4n) is 4.23. The summed E-state index contributed by atoms with van der Waals surface area (Å²) in [5, 5.41) is 3.02. The number of urea groups is 1. The fraction of sp³-hybridized carbons (Fsp3) is 0.360. The van der Waals surface area contributed by atoms with Crippen molar-refractivity contribution in [2.45, 2.75) is 51.7 Å². The molecule has 0 bridgehead atoms. The predicted octanol–water partition coefficient (Wildman–Crippen LogP) is 5.19. The number of carbonyl (C=O) groups is 1. The van der Waals surface area contributed by atoms with Crippen molar-refractivity contribution in [2.24, 2.45) is 0 Å². The van der Waals surface area contributed by atoms with Crippen LogP contribution in [-0.4, -0.2) is 33.1 Å². The minimum atomic E-state index is -0.216. The number of amides is 2. The van der Waals surface area contributed by atoms with Crippen LogP contribution < -0.4 is 5.32 Å². The van der Waals surface area contributed by atoms with Gasteiger partial charge < -0.3 is 14.8 Å². The van der Waals surface area contributed by atoms with E-state index in [2.05, 4.69) is 39.1 Å². The lowest BCUT2D eigenvalue weighted by atomic mass is 10.0. The third-order valence-electron chi connectivity index (χ3n) is 5.76. The van der Waals surface area contributed by atoms with E-state index < -0.39 is 0 Å². The van der Waals surface area contributed by atoms with E-state index in [1.807, 2.05) is 43.4 Å². The average molecular weight is 421 g/mol. The highest BCUT2D eigenvalue weighted by atomic mass is 19.1. The average Bonchev–Trinajstić information content (AvgIpc) is 3.43. The molecule has 1 atom stereocenters. The highest BCUT2D eigenvalue weighted by molar-refractivity contribution is 5.75. The molecule has 0 aliphatic carbocycles. The van der Waals surface area contributed by atoms with Gasteiger partial charge in [0.25, 0.3) is 0 Å². The van der Waals surface area contributed by atoms with Crippen LogP contribution in [0.15, 0.2) is 61.1 Å². The maximum absolute atomic E-state index is 13.1. The van der Waals surface area contributed by atoms with Gasteiger partial charge in [-0.2, -0.15) is 0 Å². The molecule has 0 spiro atoms. The molecule has 2 amide bonds. The first-order valence-corrected chi connectivity index (χ1v) is 10.9. The minimum Gasteiger partial charge on any atom is -0.336 e. The summed E-state index contributed by atoms with van der Waals surface area (Å²) in [5.41, 5.74) is 4.37. The fourth-order valence-corrected chi connectivity index (χ4v) is 4.23. The van der Waals surface area contributed by atoms with Crippen LogP contribution in [-0.2, 0) is 13.0 Å². The number of nitrogens with one attached hydrogen (secondary N) is 1.